The van der Waals surface area contributed by atoms with Gasteiger partial charge in [-0.2, -0.15) is 0 Å². The van der Waals surface area contributed by atoms with Gasteiger partial charge in [-0.1, -0.05) is 13.3 Å². The number of hydrogen-bond acceptors (Lipinski definition) is 3. The molecule has 2 heterocycles. The highest BCUT2D eigenvalue weighted by Crippen LogP contribution is 2.33. The maximum Gasteiger partial charge on any atom is 0.233 e. The second-order valence-corrected chi connectivity index (χ2v) is 5.94. The van der Waals surface area contributed by atoms with Crippen molar-refractivity contribution in [2.24, 2.45) is 5.41 Å². The third-order valence-corrected chi connectivity index (χ3v) is 4.02. The van der Waals surface area contributed by atoms with Crippen LogP contribution in [0.1, 0.15) is 43.9 Å². The summed E-state index contributed by atoms with van der Waals surface area (Å²) < 4.78 is 0. The molecule has 1 aromatic rings. The summed E-state index contributed by atoms with van der Waals surface area (Å²) in [5, 5.41) is 6.40. The molecule has 1 atom stereocenters. The highest BCUT2D eigenvalue weighted by Gasteiger charge is 2.38. The first-order valence-corrected chi connectivity index (χ1v) is 7.53. The lowest BCUT2D eigenvalue weighted by atomic mass is 9.76. The number of carbonyl (C=O) groups is 1. The van der Waals surface area contributed by atoms with Gasteiger partial charge in [-0.3, -0.25) is 4.79 Å². The van der Waals surface area contributed by atoms with Crippen LogP contribution in [0.5, 0.6) is 0 Å². The summed E-state index contributed by atoms with van der Waals surface area (Å²) in [5.74, 6) is 0.789. The molecule has 0 bridgehead atoms. The molecule has 0 aromatic carbocycles. The Bertz CT molecular complexity index is 453. The normalized spacial score (nSPS) is 22.6. The topological polar surface area (TPSA) is 54.0 Å². The smallest absolute Gasteiger partial charge is 0.233 e. The van der Waals surface area contributed by atoms with Crippen LogP contribution in [-0.4, -0.2) is 24.0 Å². The van der Waals surface area contributed by atoms with E-state index in [4.69, 9.17) is 0 Å². The lowest BCUT2D eigenvalue weighted by Gasteiger charge is -2.36. The fourth-order valence-electron chi connectivity index (χ4n) is 3.12. The molecule has 20 heavy (non-hydrogen) atoms. The number of carbonyl (C=O) groups excluding carboxylic acids is 1. The molecule has 0 spiro atoms. The number of hydrogen-bond donors (Lipinski definition) is 2. The zero-order chi connectivity index (χ0) is 14.6. The number of nitrogens with one attached hydrogen (secondary N) is 2. The van der Waals surface area contributed by atoms with Crippen LogP contribution in [0.4, 0.5) is 5.82 Å². The average molecular weight is 275 g/mol. The third-order valence-electron chi connectivity index (χ3n) is 4.02. The third kappa shape index (κ3) is 3.37. The van der Waals surface area contributed by atoms with Gasteiger partial charge in [0.15, 0.2) is 0 Å². The summed E-state index contributed by atoms with van der Waals surface area (Å²) in [6, 6.07) is 3.94. The largest absolute Gasteiger partial charge is 0.316 e. The molecule has 0 aliphatic carbocycles. The second kappa shape index (κ2) is 6.35. The van der Waals surface area contributed by atoms with Gasteiger partial charge in [0.1, 0.15) is 5.82 Å². The van der Waals surface area contributed by atoms with E-state index < -0.39 is 0 Å². The van der Waals surface area contributed by atoms with E-state index in [2.05, 4.69) is 22.5 Å². The molecule has 1 unspecified atom stereocenters. The van der Waals surface area contributed by atoms with Crippen LogP contribution in [0, 0.1) is 19.3 Å². The minimum atomic E-state index is -0.271. The molecule has 4 heteroatoms. The van der Waals surface area contributed by atoms with Gasteiger partial charge in [-0.25, -0.2) is 4.98 Å². The Morgan fingerprint density at radius 3 is 2.85 bits per heavy atom. The lowest BCUT2D eigenvalue weighted by Crippen LogP contribution is -2.48. The summed E-state index contributed by atoms with van der Waals surface area (Å²) in [7, 11) is 0. The standard InChI is InChI=1S/C16H25N3O/c1-4-6-16(7-5-8-17-11-16)15(20)19-14-10-12(2)9-13(3)18-14/h9-10,17H,4-8,11H2,1-3H3,(H,18,19,20). The minimum Gasteiger partial charge on any atom is -0.316 e. The number of piperidine rings is 1. The summed E-state index contributed by atoms with van der Waals surface area (Å²) in [5.41, 5.74) is 1.79. The van der Waals surface area contributed by atoms with Gasteiger partial charge in [0, 0.05) is 12.2 Å². The van der Waals surface area contributed by atoms with Crippen LogP contribution in [0.15, 0.2) is 12.1 Å². The van der Waals surface area contributed by atoms with E-state index in [1.54, 1.807) is 0 Å². The lowest BCUT2D eigenvalue weighted by molar-refractivity contribution is -0.127. The first-order chi connectivity index (χ1) is 9.55. The number of aromatic nitrogens is 1. The first kappa shape index (κ1) is 15.0. The predicted octanol–water partition coefficient (Wildman–Crippen LogP) is 2.81. The van der Waals surface area contributed by atoms with Crippen molar-refractivity contribution in [3.63, 3.8) is 0 Å². The molecule has 1 fully saturated rings. The van der Waals surface area contributed by atoms with Crippen molar-refractivity contribution in [2.75, 3.05) is 18.4 Å². The number of pyridine rings is 1. The van der Waals surface area contributed by atoms with Gasteiger partial charge in [0.2, 0.25) is 5.91 Å². The maximum absolute atomic E-state index is 12.7. The van der Waals surface area contributed by atoms with Crippen LogP contribution in [0.25, 0.3) is 0 Å². The Morgan fingerprint density at radius 2 is 2.25 bits per heavy atom. The number of anilines is 1. The zero-order valence-electron chi connectivity index (χ0n) is 12.8. The monoisotopic (exact) mass is 275 g/mol. The quantitative estimate of drug-likeness (QED) is 0.888. The second-order valence-electron chi connectivity index (χ2n) is 5.94. The average Bonchev–Trinajstić information content (AvgIpc) is 2.38. The van der Waals surface area contributed by atoms with E-state index in [0.29, 0.717) is 5.82 Å². The summed E-state index contributed by atoms with van der Waals surface area (Å²) in [4.78, 5) is 17.1. The Balaban J connectivity index is 2.15. The van der Waals surface area contributed by atoms with Gasteiger partial charge in [0.05, 0.1) is 5.41 Å². The van der Waals surface area contributed by atoms with Gasteiger partial charge < -0.3 is 10.6 Å². The number of aryl methyl sites for hydroxylation is 2. The Morgan fingerprint density at radius 1 is 1.45 bits per heavy atom. The number of nitrogens with zero attached hydrogens (tertiary/aromatic N) is 1. The van der Waals surface area contributed by atoms with E-state index in [0.717, 1.165) is 50.0 Å². The first-order valence-electron chi connectivity index (χ1n) is 7.53. The van der Waals surface area contributed by atoms with Crippen LogP contribution in [0.3, 0.4) is 0 Å². The molecule has 1 aliphatic rings. The summed E-state index contributed by atoms with van der Waals surface area (Å²) in [6.07, 6.45) is 3.98. The van der Waals surface area contributed by atoms with Crippen molar-refractivity contribution < 1.29 is 4.79 Å². The van der Waals surface area contributed by atoms with Crippen molar-refractivity contribution >= 4 is 11.7 Å². The van der Waals surface area contributed by atoms with Crippen molar-refractivity contribution in [1.29, 1.82) is 0 Å². The van der Waals surface area contributed by atoms with Crippen LogP contribution >= 0.6 is 0 Å². The summed E-state index contributed by atoms with van der Waals surface area (Å²) >= 11 is 0. The number of amides is 1. The molecular weight excluding hydrogens is 250 g/mol. The molecule has 4 nitrogen and oxygen atoms in total. The van der Waals surface area contributed by atoms with E-state index >= 15 is 0 Å². The molecule has 1 aromatic heterocycles. The predicted molar refractivity (Wildman–Crippen MR) is 81.8 cm³/mol. The SMILES string of the molecule is CCCC1(C(=O)Nc2cc(C)cc(C)n2)CCCNC1. The fourth-order valence-corrected chi connectivity index (χ4v) is 3.12. The van der Waals surface area contributed by atoms with E-state index in [-0.39, 0.29) is 11.3 Å². The molecular formula is C16H25N3O. The van der Waals surface area contributed by atoms with Crippen LogP contribution < -0.4 is 10.6 Å². The molecule has 2 rings (SSSR count). The molecule has 1 saturated heterocycles. The van der Waals surface area contributed by atoms with Crippen molar-refractivity contribution in [2.45, 2.75) is 46.5 Å². The molecule has 1 amide bonds. The van der Waals surface area contributed by atoms with Gasteiger partial charge in [-0.05, 0) is 57.4 Å². The van der Waals surface area contributed by atoms with Gasteiger partial charge in [-0.15, -0.1) is 0 Å². The van der Waals surface area contributed by atoms with Crippen molar-refractivity contribution in [1.82, 2.24) is 10.3 Å². The van der Waals surface area contributed by atoms with Gasteiger partial charge in [0.25, 0.3) is 0 Å². The zero-order valence-corrected chi connectivity index (χ0v) is 12.8. The molecule has 110 valence electrons. The molecule has 2 N–H and O–H groups in total. The van der Waals surface area contributed by atoms with E-state index in [1.165, 1.54) is 0 Å². The van der Waals surface area contributed by atoms with Crippen LogP contribution in [0.2, 0.25) is 0 Å². The maximum atomic E-state index is 12.7. The Kier molecular flexibility index (Phi) is 4.76. The highest BCUT2D eigenvalue weighted by molar-refractivity contribution is 5.95. The van der Waals surface area contributed by atoms with Crippen molar-refractivity contribution in [3.8, 4) is 0 Å². The van der Waals surface area contributed by atoms with E-state index in [9.17, 15) is 4.79 Å². The number of rotatable bonds is 4. The van der Waals surface area contributed by atoms with Crippen LogP contribution in [-0.2, 0) is 4.79 Å². The van der Waals surface area contributed by atoms with E-state index in [1.807, 2.05) is 26.0 Å². The Labute approximate surface area is 121 Å². The molecule has 0 saturated carbocycles. The van der Waals surface area contributed by atoms with Crippen molar-refractivity contribution in [3.05, 3.63) is 23.4 Å². The molecule has 1 aliphatic heterocycles. The minimum absolute atomic E-state index is 0.115. The Hall–Kier alpha value is -1.42. The summed E-state index contributed by atoms with van der Waals surface area (Å²) in [6.45, 7) is 7.90. The fraction of sp³-hybridized carbons (Fsp3) is 0.625. The van der Waals surface area contributed by atoms with Gasteiger partial charge >= 0.3 is 0 Å². The molecule has 0 radical (unpaired) electrons. The highest BCUT2D eigenvalue weighted by atomic mass is 16.2.